The van der Waals surface area contributed by atoms with E-state index in [1.54, 1.807) is 6.07 Å². The molecular weight excluding hydrogens is 328 g/mol. The van der Waals surface area contributed by atoms with E-state index in [0.717, 1.165) is 44.6 Å². The van der Waals surface area contributed by atoms with E-state index in [1.807, 2.05) is 35.2 Å². The van der Waals surface area contributed by atoms with Crippen LogP contribution in [0.15, 0.2) is 47.3 Å². The summed E-state index contributed by atoms with van der Waals surface area (Å²) in [6.07, 6.45) is 2.07. The summed E-state index contributed by atoms with van der Waals surface area (Å²) >= 11 is 0. The maximum atomic E-state index is 12.9. The third-order valence-electron chi connectivity index (χ3n) is 5.57. The van der Waals surface area contributed by atoms with Gasteiger partial charge in [-0.3, -0.25) is 9.59 Å². The van der Waals surface area contributed by atoms with Crippen LogP contribution in [0.4, 0.5) is 0 Å². The predicted molar refractivity (Wildman–Crippen MR) is 99.0 cm³/mol. The smallest absolute Gasteiger partial charge is 0.274 e. The molecule has 4 rings (SSSR count). The molecule has 2 saturated heterocycles. The minimum atomic E-state index is -0.193. The molecule has 0 radical (unpaired) electrons. The summed E-state index contributed by atoms with van der Waals surface area (Å²) in [5.41, 5.74) is 1.15. The quantitative estimate of drug-likeness (QED) is 0.906. The molecule has 1 amide bonds. The lowest BCUT2D eigenvalue weighted by molar-refractivity contribution is 0.0750. The monoisotopic (exact) mass is 352 g/mol. The second-order valence-corrected chi connectivity index (χ2v) is 7.25. The first-order valence-corrected chi connectivity index (χ1v) is 9.33. The summed E-state index contributed by atoms with van der Waals surface area (Å²) in [5.74, 6) is 1.28. The standard InChI is InChI=1S/C20H24N4O2/c25-19-7-6-18(22-24(19)14-15-4-2-1-3-5-15)20(26)23-10-8-16-12-21-13-17(16)9-11-23/h1-7,16-17,21H,8-14H2/t16-,17+. The van der Waals surface area contributed by atoms with Crippen LogP contribution in [0.1, 0.15) is 28.9 Å². The molecule has 0 saturated carbocycles. The normalized spacial score (nSPS) is 22.7. The molecule has 6 heteroatoms. The number of rotatable bonds is 3. The fraction of sp³-hybridized carbons (Fsp3) is 0.450. The minimum absolute atomic E-state index is 0.0697. The number of aromatic nitrogens is 2. The topological polar surface area (TPSA) is 67.2 Å². The van der Waals surface area contributed by atoms with Gasteiger partial charge in [-0.15, -0.1) is 0 Å². The van der Waals surface area contributed by atoms with Crippen LogP contribution in [0.5, 0.6) is 0 Å². The van der Waals surface area contributed by atoms with Crippen molar-refractivity contribution in [3.05, 3.63) is 64.1 Å². The molecule has 2 aliphatic heterocycles. The highest BCUT2D eigenvalue weighted by molar-refractivity contribution is 5.92. The predicted octanol–water partition coefficient (Wildman–Crippen LogP) is 1.36. The molecule has 2 atom stereocenters. The average Bonchev–Trinajstić information content (AvgIpc) is 3.02. The fourth-order valence-corrected chi connectivity index (χ4v) is 4.02. The second-order valence-electron chi connectivity index (χ2n) is 7.25. The van der Waals surface area contributed by atoms with E-state index in [9.17, 15) is 9.59 Å². The Bertz CT molecular complexity index is 819. The Labute approximate surface area is 152 Å². The number of nitrogens with one attached hydrogen (secondary N) is 1. The number of carbonyl (C=O) groups excluding carboxylic acids is 1. The Morgan fingerprint density at radius 3 is 2.42 bits per heavy atom. The first-order valence-electron chi connectivity index (χ1n) is 9.33. The van der Waals surface area contributed by atoms with Gasteiger partial charge in [0.1, 0.15) is 5.69 Å². The zero-order valence-corrected chi connectivity index (χ0v) is 14.8. The molecule has 0 unspecified atom stereocenters. The van der Waals surface area contributed by atoms with Crippen molar-refractivity contribution in [3.63, 3.8) is 0 Å². The van der Waals surface area contributed by atoms with Gasteiger partial charge in [0.25, 0.3) is 11.5 Å². The van der Waals surface area contributed by atoms with Crippen molar-refractivity contribution >= 4 is 5.91 Å². The van der Waals surface area contributed by atoms with Gasteiger partial charge in [-0.05, 0) is 49.4 Å². The Morgan fingerprint density at radius 1 is 1.04 bits per heavy atom. The number of benzene rings is 1. The van der Waals surface area contributed by atoms with Crippen molar-refractivity contribution in [2.75, 3.05) is 26.2 Å². The van der Waals surface area contributed by atoms with Gasteiger partial charge in [0.2, 0.25) is 0 Å². The van der Waals surface area contributed by atoms with Gasteiger partial charge in [-0.2, -0.15) is 5.10 Å². The van der Waals surface area contributed by atoms with Gasteiger partial charge in [0, 0.05) is 19.2 Å². The van der Waals surface area contributed by atoms with Gasteiger partial charge >= 0.3 is 0 Å². The van der Waals surface area contributed by atoms with E-state index in [0.29, 0.717) is 24.1 Å². The molecule has 0 bridgehead atoms. The molecule has 26 heavy (non-hydrogen) atoms. The zero-order chi connectivity index (χ0) is 17.9. The first-order chi connectivity index (χ1) is 12.7. The summed E-state index contributed by atoms with van der Waals surface area (Å²) in [6.45, 7) is 4.03. The highest BCUT2D eigenvalue weighted by atomic mass is 16.2. The summed E-state index contributed by atoms with van der Waals surface area (Å²) < 4.78 is 1.37. The highest BCUT2D eigenvalue weighted by Gasteiger charge is 2.32. The molecule has 1 N–H and O–H groups in total. The van der Waals surface area contributed by atoms with Crippen LogP contribution in [0, 0.1) is 11.8 Å². The fourth-order valence-electron chi connectivity index (χ4n) is 4.02. The number of likely N-dealkylation sites (tertiary alicyclic amines) is 1. The molecule has 0 spiro atoms. The van der Waals surface area contributed by atoms with Crippen molar-refractivity contribution < 1.29 is 4.79 Å². The van der Waals surface area contributed by atoms with E-state index in [-0.39, 0.29) is 11.5 Å². The molecule has 1 aromatic carbocycles. The zero-order valence-electron chi connectivity index (χ0n) is 14.8. The number of hydrogen-bond donors (Lipinski definition) is 1. The van der Waals surface area contributed by atoms with Crippen LogP contribution < -0.4 is 10.9 Å². The first kappa shape index (κ1) is 17.0. The second kappa shape index (κ2) is 7.41. The van der Waals surface area contributed by atoms with Crippen LogP contribution in [-0.4, -0.2) is 46.8 Å². The van der Waals surface area contributed by atoms with Gasteiger partial charge in [0.15, 0.2) is 0 Å². The molecule has 2 aromatic rings. The molecule has 2 aliphatic rings. The number of carbonyl (C=O) groups is 1. The van der Waals surface area contributed by atoms with Gasteiger partial charge < -0.3 is 10.2 Å². The summed E-state index contributed by atoms with van der Waals surface area (Å²) in [6, 6.07) is 12.7. The van der Waals surface area contributed by atoms with Crippen LogP contribution >= 0.6 is 0 Å². The average molecular weight is 352 g/mol. The van der Waals surface area contributed by atoms with Crippen molar-refractivity contribution in [2.24, 2.45) is 11.8 Å². The third-order valence-corrected chi connectivity index (χ3v) is 5.57. The maximum absolute atomic E-state index is 12.9. The molecule has 1 aromatic heterocycles. The van der Waals surface area contributed by atoms with E-state index in [2.05, 4.69) is 10.4 Å². The molecule has 6 nitrogen and oxygen atoms in total. The SMILES string of the molecule is O=C(c1ccc(=O)n(Cc2ccccc2)n1)N1CC[C@@H]2CNC[C@@H]2CC1. The van der Waals surface area contributed by atoms with Crippen molar-refractivity contribution in [3.8, 4) is 0 Å². The summed E-state index contributed by atoms with van der Waals surface area (Å²) in [4.78, 5) is 27.0. The van der Waals surface area contributed by atoms with Crippen LogP contribution in [0.25, 0.3) is 0 Å². The lowest BCUT2D eigenvalue weighted by Crippen LogP contribution is -2.35. The van der Waals surface area contributed by atoms with Crippen molar-refractivity contribution in [2.45, 2.75) is 19.4 Å². The van der Waals surface area contributed by atoms with Crippen molar-refractivity contribution in [1.82, 2.24) is 20.0 Å². The number of nitrogens with zero attached hydrogens (tertiary/aromatic N) is 3. The van der Waals surface area contributed by atoms with Crippen LogP contribution in [-0.2, 0) is 6.54 Å². The molecule has 136 valence electrons. The highest BCUT2D eigenvalue weighted by Crippen LogP contribution is 2.27. The molecule has 3 heterocycles. The Balaban J connectivity index is 1.51. The van der Waals surface area contributed by atoms with Gasteiger partial charge in [0.05, 0.1) is 6.54 Å². The Morgan fingerprint density at radius 2 is 1.73 bits per heavy atom. The minimum Gasteiger partial charge on any atom is -0.337 e. The van der Waals surface area contributed by atoms with E-state index < -0.39 is 0 Å². The summed E-state index contributed by atoms with van der Waals surface area (Å²) in [7, 11) is 0. The number of hydrogen-bond acceptors (Lipinski definition) is 4. The van der Waals surface area contributed by atoms with Gasteiger partial charge in [-0.1, -0.05) is 30.3 Å². The molecule has 0 aliphatic carbocycles. The number of amides is 1. The Kier molecular flexibility index (Phi) is 4.84. The van der Waals surface area contributed by atoms with E-state index in [1.165, 1.54) is 10.7 Å². The maximum Gasteiger partial charge on any atom is 0.274 e. The van der Waals surface area contributed by atoms with Gasteiger partial charge in [-0.25, -0.2) is 4.68 Å². The summed E-state index contributed by atoms with van der Waals surface area (Å²) in [5, 5.41) is 7.80. The van der Waals surface area contributed by atoms with Crippen LogP contribution in [0.2, 0.25) is 0 Å². The van der Waals surface area contributed by atoms with Crippen molar-refractivity contribution in [1.29, 1.82) is 0 Å². The van der Waals surface area contributed by atoms with Crippen LogP contribution in [0.3, 0.4) is 0 Å². The third kappa shape index (κ3) is 3.55. The molecule has 2 fully saturated rings. The molecular formula is C20H24N4O2. The van der Waals surface area contributed by atoms with E-state index in [4.69, 9.17) is 0 Å². The lowest BCUT2D eigenvalue weighted by Gasteiger charge is -2.20. The lowest BCUT2D eigenvalue weighted by atomic mass is 9.92. The Hall–Kier alpha value is -2.47. The van der Waals surface area contributed by atoms with E-state index >= 15 is 0 Å². The largest absolute Gasteiger partial charge is 0.337 e. The number of fused-ring (bicyclic) bond motifs is 1.